The van der Waals surface area contributed by atoms with E-state index in [1.165, 1.54) is 11.3 Å². The molecule has 0 radical (unpaired) electrons. The lowest BCUT2D eigenvalue weighted by molar-refractivity contribution is 0.766. The zero-order chi connectivity index (χ0) is 9.26. The summed E-state index contributed by atoms with van der Waals surface area (Å²) in [6.07, 6.45) is 3.75. The zero-order valence-electron chi connectivity index (χ0n) is 6.64. The van der Waals surface area contributed by atoms with E-state index in [0.717, 1.165) is 13.2 Å². The van der Waals surface area contributed by atoms with Crippen LogP contribution in [-0.4, -0.2) is 20.0 Å². The molecule has 0 aromatic carbocycles. The van der Waals surface area contributed by atoms with E-state index >= 15 is 0 Å². The largest absolute Gasteiger partial charge is 0.275 e. The highest BCUT2D eigenvalue weighted by Gasteiger charge is 2.04. The molecule has 0 amide bonds. The van der Waals surface area contributed by atoms with E-state index in [1.807, 2.05) is 13.2 Å². The number of nitrogens with zero attached hydrogens (tertiary/aromatic N) is 4. The number of hydrogen-bond donors (Lipinski definition) is 0. The highest BCUT2D eigenvalue weighted by molar-refractivity contribution is 9.11. The van der Waals surface area contributed by atoms with Crippen LogP contribution in [0.2, 0.25) is 0 Å². The Kier molecular flexibility index (Phi) is 2.66. The second-order valence-electron chi connectivity index (χ2n) is 2.27. The lowest BCUT2D eigenvalue weighted by atomic mass is 10.7. The van der Waals surface area contributed by atoms with E-state index in [9.17, 15) is 0 Å². The second kappa shape index (κ2) is 3.77. The Morgan fingerprint density at radius 3 is 2.92 bits per heavy atom. The Bertz CT molecular complexity index is 372. The molecule has 4 nitrogen and oxygen atoms in total. The molecule has 2 rings (SSSR count). The van der Waals surface area contributed by atoms with Crippen molar-refractivity contribution >= 4 is 39.0 Å². The summed E-state index contributed by atoms with van der Waals surface area (Å²) in [6.45, 7) is 0. The first-order chi connectivity index (χ1) is 6.24. The van der Waals surface area contributed by atoms with Crippen molar-refractivity contribution in [3.8, 4) is 0 Å². The number of hydrogen-bond acceptors (Lipinski definition) is 5. The molecule has 0 fully saturated rings. The molecule has 0 aliphatic rings. The number of aryl methyl sites for hydroxylation is 1. The third kappa shape index (κ3) is 2.29. The van der Waals surface area contributed by atoms with Gasteiger partial charge in [-0.05, 0) is 15.9 Å². The van der Waals surface area contributed by atoms with Crippen LogP contribution >= 0.6 is 39.0 Å². The summed E-state index contributed by atoms with van der Waals surface area (Å²) in [7, 11) is 1.89. The molecular formula is C6H5BrN4S2. The molecule has 0 saturated carbocycles. The van der Waals surface area contributed by atoms with Gasteiger partial charge in [0.25, 0.3) is 0 Å². The van der Waals surface area contributed by atoms with E-state index in [4.69, 9.17) is 0 Å². The first kappa shape index (κ1) is 9.17. The molecule has 0 bridgehead atoms. The van der Waals surface area contributed by atoms with Crippen LogP contribution in [-0.2, 0) is 7.05 Å². The third-order valence-electron chi connectivity index (χ3n) is 1.27. The average Bonchev–Trinajstić information content (AvgIpc) is 2.62. The van der Waals surface area contributed by atoms with Gasteiger partial charge in [0.05, 0.1) is 11.1 Å². The van der Waals surface area contributed by atoms with Crippen molar-refractivity contribution in [3.63, 3.8) is 0 Å². The normalized spacial score (nSPS) is 10.6. The van der Waals surface area contributed by atoms with Crippen LogP contribution in [0.4, 0.5) is 0 Å². The summed E-state index contributed by atoms with van der Waals surface area (Å²) < 4.78 is 3.48. The van der Waals surface area contributed by atoms with Crippen LogP contribution in [0.15, 0.2) is 25.5 Å². The van der Waals surface area contributed by atoms with Gasteiger partial charge in [0.2, 0.25) is 0 Å². The molecule has 0 unspecified atom stereocenters. The molecule has 0 atom stereocenters. The molecule has 0 N–H and O–H groups in total. The SMILES string of the molecule is Cn1cc(Sc2nnc(Br)s2)cn1. The predicted octanol–water partition coefficient (Wildman–Crippen LogP) is 2.19. The van der Waals surface area contributed by atoms with Crippen molar-refractivity contribution in [1.29, 1.82) is 0 Å². The van der Waals surface area contributed by atoms with Gasteiger partial charge in [0, 0.05) is 13.2 Å². The second-order valence-corrected chi connectivity index (χ2v) is 5.85. The molecule has 2 aromatic rings. The average molecular weight is 277 g/mol. The van der Waals surface area contributed by atoms with Gasteiger partial charge in [0.15, 0.2) is 8.26 Å². The summed E-state index contributed by atoms with van der Waals surface area (Å²) in [4.78, 5) is 1.08. The Morgan fingerprint density at radius 1 is 1.54 bits per heavy atom. The highest BCUT2D eigenvalue weighted by atomic mass is 79.9. The van der Waals surface area contributed by atoms with Crippen LogP contribution in [0, 0.1) is 0 Å². The van der Waals surface area contributed by atoms with Crippen LogP contribution < -0.4 is 0 Å². The summed E-state index contributed by atoms with van der Waals surface area (Å²) in [6, 6.07) is 0. The van der Waals surface area contributed by atoms with Gasteiger partial charge >= 0.3 is 0 Å². The minimum absolute atomic E-state index is 0.805. The smallest absolute Gasteiger partial charge is 0.184 e. The maximum absolute atomic E-state index is 4.06. The van der Waals surface area contributed by atoms with Crippen LogP contribution in [0.5, 0.6) is 0 Å². The van der Waals surface area contributed by atoms with Crippen molar-refractivity contribution in [2.45, 2.75) is 9.24 Å². The van der Waals surface area contributed by atoms with Gasteiger partial charge in [0.1, 0.15) is 0 Å². The fourth-order valence-corrected chi connectivity index (χ4v) is 3.24. The van der Waals surface area contributed by atoms with E-state index < -0.39 is 0 Å². The highest BCUT2D eigenvalue weighted by Crippen LogP contribution is 2.31. The van der Waals surface area contributed by atoms with E-state index in [0.29, 0.717) is 0 Å². The Morgan fingerprint density at radius 2 is 2.38 bits per heavy atom. The van der Waals surface area contributed by atoms with Crippen LogP contribution in [0.3, 0.4) is 0 Å². The molecule has 0 aliphatic heterocycles. The standard InChI is InChI=1S/C6H5BrN4S2/c1-11-3-4(2-8-11)12-6-10-9-5(7)13-6/h2-3H,1H3. The number of rotatable bonds is 2. The molecule has 68 valence electrons. The van der Waals surface area contributed by atoms with Crippen LogP contribution in [0.1, 0.15) is 0 Å². The minimum Gasteiger partial charge on any atom is -0.275 e. The fraction of sp³-hybridized carbons (Fsp3) is 0.167. The summed E-state index contributed by atoms with van der Waals surface area (Å²) in [5.74, 6) is 0. The third-order valence-corrected chi connectivity index (χ3v) is 3.62. The summed E-state index contributed by atoms with van der Waals surface area (Å²) in [5.41, 5.74) is 0. The molecule has 13 heavy (non-hydrogen) atoms. The van der Waals surface area contributed by atoms with Crippen molar-refractivity contribution in [3.05, 3.63) is 16.3 Å². The first-order valence-electron chi connectivity index (χ1n) is 3.39. The van der Waals surface area contributed by atoms with Crippen molar-refractivity contribution in [2.75, 3.05) is 0 Å². The van der Waals surface area contributed by atoms with Crippen molar-refractivity contribution in [1.82, 2.24) is 20.0 Å². The van der Waals surface area contributed by atoms with Crippen molar-refractivity contribution in [2.24, 2.45) is 7.05 Å². The Hall–Kier alpha value is -0.400. The van der Waals surface area contributed by atoms with Gasteiger partial charge < -0.3 is 0 Å². The maximum Gasteiger partial charge on any atom is 0.184 e. The lowest BCUT2D eigenvalue weighted by Crippen LogP contribution is -1.83. The fourth-order valence-electron chi connectivity index (χ4n) is 0.787. The van der Waals surface area contributed by atoms with Crippen LogP contribution in [0.25, 0.3) is 0 Å². The molecule has 0 aliphatic carbocycles. The molecule has 2 heterocycles. The van der Waals surface area contributed by atoms with Crippen molar-refractivity contribution < 1.29 is 0 Å². The van der Waals surface area contributed by atoms with Gasteiger partial charge in [-0.15, -0.1) is 10.2 Å². The molecule has 0 spiro atoms. The Labute approximate surface area is 91.5 Å². The zero-order valence-corrected chi connectivity index (χ0v) is 9.86. The monoisotopic (exact) mass is 276 g/mol. The maximum atomic E-state index is 4.06. The number of aromatic nitrogens is 4. The predicted molar refractivity (Wildman–Crippen MR) is 54.9 cm³/mol. The van der Waals surface area contributed by atoms with Gasteiger partial charge in [-0.25, -0.2) is 0 Å². The van der Waals surface area contributed by atoms with Gasteiger partial charge in [-0.1, -0.05) is 23.1 Å². The van der Waals surface area contributed by atoms with Gasteiger partial charge in [-0.2, -0.15) is 5.10 Å². The topological polar surface area (TPSA) is 43.6 Å². The quantitative estimate of drug-likeness (QED) is 0.844. The molecule has 2 aromatic heterocycles. The van der Waals surface area contributed by atoms with Gasteiger partial charge in [-0.3, -0.25) is 4.68 Å². The van der Waals surface area contributed by atoms with E-state index in [2.05, 4.69) is 31.2 Å². The first-order valence-corrected chi connectivity index (χ1v) is 5.82. The number of halogens is 1. The lowest BCUT2D eigenvalue weighted by Gasteiger charge is -1.87. The van der Waals surface area contributed by atoms with E-state index in [1.54, 1.807) is 22.6 Å². The Balaban J connectivity index is 2.14. The molecule has 7 heteroatoms. The minimum atomic E-state index is 0.805. The summed E-state index contributed by atoms with van der Waals surface area (Å²) in [5, 5.41) is 11.9. The van der Waals surface area contributed by atoms with E-state index in [-0.39, 0.29) is 0 Å². The molecule has 0 saturated heterocycles. The summed E-state index contributed by atoms with van der Waals surface area (Å²) >= 11 is 6.33. The molecular weight excluding hydrogens is 272 g/mol.